The lowest BCUT2D eigenvalue weighted by Crippen LogP contribution is -2.19. The van der Waals surface area contributed by atoms with Crippen molar-refractivity contribution in [2.45, 2.75) is 19.9 Å². The number of methoxy groups -OCH3 is 1. The van der Waals surface area contributed by atoms with Crippen LogP contribution >= 0.6 is 0 Å². The largest absolute Gasteiger partial charge is 0.497 e. The first-order chi connectivity index (χ1) is 17.1. The van der Waals surface area contributed by atoms with Gasteiger partial charge in [-0.1, -0.05) is 24.3 Å². The van der Waals surface area contributed by atoms with Crippen LogP contribution in [0.15, 0.2) is 85.3 Å². The van der Waals surface area contributed by atoms with Gasteiger partial charge in [-0.3, -0.25) is 9.78 Å². The van der Waals surface area contributed by atoms with Crippen LogP contribution in [0.3, 0.4) is 0 Å². The summed E-state index contributed by atoms with van der Waals surface area (Å²) in [6, 6.07) is 21.7. The maximum atomic E-state index is 12.8. The van der Waals surface area contributed by atoms with Crippen molar-refractivity contribution in [3.8, 4) is 16.9 Å². The molecule has 3 aromatic heterocycles. The van der Waals surface area contributed by atoms with E-state index < -0.39 is 0 Å². The second-order valence-corrected chi connectivity index (χ2v) is 8.31. The molecule has 7 heteroatoms. The van der Waals surface area contributed by atoms with Crippen molar-refractivity contribution in [3.05, 3.63) is 102 Å². The molecule has 0 unspecified atom stereocenters. The van der Waals surface area contributed by atoms with Gasteiger partial charge < -0.3 is 10.1 Å². The summed E-state index contributed by atoms with van der Waals surface area (Å²) in [6.45, 7) is 2.01. The molecular weight excluding hydrogens is 438 g/mol. The van der Waals surface area contributed by atoms with Crippen LogP contribution < -0.4 is 10.1 Å². The lowest BCUT2D eigenvalue weighted by atomic mass is 10.0. The molecule has 0 radical (unpaired) electrons. The number of hydrogen-bond donors (Lipinski definition) is 1. The summed E-state index contributed by atoms with van der Waals surface area (Å²) in [5.74, 6) is 0.640. The van der Waals surface area contributed by atoms with Crippen LogP contribution in [-0.4, -0.2) is 32.8 Å². The molecule has 0 aliphatic heterocycles. The van der Waals surface area contributed by atoms with Gasteiger partial charge in [-0.05, 0) is 78.1 Å². The Hall–Kier alpha value is -4.52. The highest BCUT2D eigenvalue weighted by molar-refractivity contribution is 5.96. The fourth-order valence-electron chi connectivity index (χ4n) is 4.18. The number of aryl methyl sites for hydroxylation is 1. The molecule has 174 valence electrons. The molecule has 1 N–H and O–H groups in total. The second-order valence-electron chi connectivity index (χ2n) is 8.31. The molecule has 5 rings (SSSR count). The predicted octanol–water partition coefficient (Wildman–Crippen LogP) is 5.04. The highest BCUT2D eigenvalue weighted by atomic mass is 16.5. The Kier molecular flexibility index (Phi) is 6.22. The summed E-state index contributed by atoms with van der Waals surface area (Å²) < 4.78 is 6.93. The number of carbonyl (C=O) groups is 1. The third kappa shape index (κ3) is 4.89. The summed E-state index contributed by atoms with van der Waals surface area (Å²) in [5, 5.41) is 8.51. The van der Waals surface area contributed by atoms with Gasteiger partial charge in [0.2, 0.25) is 5.91 Å². The van der Waals surface area contributed by atoms with E-state index in [1.807, 2.05) is 73.7 Å². The highest BCUT2D eigenvalue weighted by Crippen LogP contribution is 2.31. The van der Waals surface area contributed by atoms with E-state index in [1.54, 1.807) is 30.4 Å². The molecule has 0 aliphatic carbocycles. The smallest absolute Gasteiger partial charge is 0.246 e. The minimum absolute atomic E-state index is 0.0716. The van der Waals surface area contributed by atoms with Gasteiger partial charge in [-0.15, -0.1) is 0 Å². The van der Waals surface area contributed by atoms with E-state index in [0.29, 0.717) is 5.65 Å². The van der Waals surface area contributed by atoms with E-state index in [2.05, 4.69) is 20.4 Å². The van der Waals surface area contributed by atoms with Crippen LogP contribution in [0, 0.1) is 6.92 Å². The van der Waals surface area contributed by atoms with Crippen molar-refractivity contribution in [1.82, 2.24) is 19.7 Å². The number of pyridine rings is 2. The lowest BCUT2D eigenvalue weighted by Gasteiger charge is -2.08. The lowest BCUT2D eigenvalue weighted by molar-refractivity contribution is -0.116. The Morgan fingerprint density at radius 2 is 1.63 bits per heavy atom. The van der Waals surface area contributed by atoms with Crippen molar-refractivity contribution >= 4 is 22.6 Å². The maximum Gasteiger partial charge on any atom is 0.246 e. The first-order valence-corrected chi connectivity index (χ1v) is 11.3. The Labute approximate surface area is 203 Å². The van der Waals surface area contributed by atoms with Gasteiger partial charge in [-0.2, -0.15) is 5.10 Å². The first kappa shape index (κ1) is 22.3. The Bertz CT molecular complexity index is 1460. The van der Waals surface area contributed by atoms with Gasteiger partial charge in [-0.25, -0.2) is 9.67 Å². The number of amides is 1. The molecule has 7 nitrogen and oxygen atoms in total. The highest BCUT2D eigenvalue weighted by Gasteiger charge is 2.16. The summed E-state index contributed by atoms with van der Waals surface area (Å²) in [7, 11) is 1.65. The average molecular weight is 464 g/mol. The zero-order valence-electron chi connectivity index (χ0n) is 19.6. The topological polar surface area (TPSA) is 81.9 Å². The van der Waals surface area contributed by atoms with Crippen LogP contribution in [0.4, 0.5) is 5.69 Å². The third-order valence-corrected chi connectivity index (χ3v) is 5.90. The number of nitrogens with zero attached hydrogens (tertiary/aromatic N) is 4. The van der Waals surface area contributed by atoms with E-state index in [-0.39, 0.29) is 12.5 Å². The molecule has 0 saturated carbocycles. The summed E-state index contributed by atoms with van der Waals surface area (Å²) in [4.78, 5) is 21.4. The molecule has 3 heterocycles. The van der Waals surface area contributed by atoms with Crippen LogP contribution in [0.5, 0.6) is 5.75 Å². The van der Waals surface area contributed by atoms with Gasteiger partial charge in [0.25, 0.3) is 0 Å². The first-order valence-electron chi connectivity index (χ1n) is 11.3. The van der Waals surface area contributed by atoms with Crippen LogP contribution in [0.25, 0.3) is 22.2 Å². The van der Waals surface area contributed by atoms with E-state index in [0.717, 1.165) is 45.6 Å². The van der Waals surface area contributed by atoms with E-state index in [4.69, 9.17) is 4.74 Å². The van der Waals surface area contributed by atoms with Crippen molar-refractivity contribution < 1.29 is 9.53 Å². The summed E-state index contributed by atoms with van der Waals surface area (Å²) >= 11 is 0. The summed E-state index contributed by atoms with van der Waals surface area (Å²) in [5.41, 5.74) is 6.67. The predicted molar refractivity (Wildman–Crippen MR) is 136 cm³/mol. The van der Waals surface area contributed by atoms with Crippen molar-refractivity contribution in [2.24, 2.45) is 0 Å². The quantitative estimate of drug-likeness (QED) is 0.366. The minimum atomic E-state index is -0.159. The standard InChI is InChI=1S/C28H25N5O2/c1-19-27-25(22-5-9-24(35-2)10-6-22)13-16-30-28(27)33(32-19)18-26(34)31-23-7-3-20(4-8-23)17-21-11-14-29-15-12-21/h3-16H,17-18H2,1-2H3,(H,31,34). The number of ether oxygens (including phenoxy) is 1. The summed E-state index contributed by atoms with van der Waals surface area (Å²) in [6.07, 6.45) is 6.15. The molecule has 0 fully saturated rings. The number of fused-ring (bicyclic) bond motifs is 1. The number of hydrogen-bond acceptors (Lipinski definition) is 5. The Balaban J connectivity index is 1.32. The average Bonchev–Trinajstić information content (AvgIpc) is 3.21. The van der Waals surface area contributed by atoms with Crippen LogP contribution in [0.2, 0.25) is 0 Å². The minimum Gasteiger partial charge on any atom is -0.497 e. The molecule has 1 amide bonds. The molecule has 0 saturated heterocycles. The third-order valence-electron chi connectivity index (χ3n) is 5.90. The van der Waals surface area contributed by atoms with E-state index in [9.17, 15) is 4.79 Å². The van der Waals surface area contributed by atoms with E-state index >= 15 is 0 Å². The fraction of sp³-hybridized carbons (Fsp3) is 0.143. The number of carbonyl (C=O) groups excluding carboxylic acids is 1. The number of rotatable bonds is 7. The molecule has 0 aliphatic rings. The Morgan fingerprint density at radius 3 is 2.34 bits per heavy atom. The SMILES string of the molecule is COc1ccc(-c2ccnc3c2c(C)nn3CC(=O)Nc2ccc(Cc3ccncc3)cc2)cc1. The number of aromatic nitrogens is 4. The van der Waals surface area contributed by atoms with Crippen LogP contribution in [0.1, 0.15) is 16.8 Å². The molecule has 2 aromatic carbocycles. The van der Waals surface area contributed by atoms with Crippen molar-refractivity contribution in [3.63, 3.8) is 0 Å². The molecule has 35 heavy (non-hydrogen) atoms. The zero-order chi connectivity index (χ0) is 24.2. The molecule has 0 spiro atoms. The fourth-order valence-corrected chi connectivity index (χ4v) is 4.18. The molecule has 0 bridgehead atoms. The van der Waals surface area contributed by atoms with Gasteiger partial charge in [0, 0.05) is 29.7 Å². The zero-order valence-corrected chi connectivity index (χ0v) is 19.6. The number of benzene rings is 2. The van der Waals surface area contributed by atoms with Gasteiger partial charge in [0.1, 0.15) is 12.3 Å². The molecule has 5 aromatic rings. The maximum absolute atomic E-state index is 12.8. The van der Waals surface area contributed by atoms with Gasteiger partial charge in [0.15, 0.2) is 5.65 Å². The second kappa shape index (κ2) is 9.77. The van der Waals surface area contributed by atoms with Crippen LogP contribution in [-0.2, 0) is 17.8 Å². The van der Waals surface area contributed by atoms with Crippen molar-refractivity contribution in [1.29, 1.82) is 0 Å². The van der Waals surface area contributed by atoms with Gasteiger partial charge in [0.05, 0.1) is 12.8 Å². The number of nitrogens with one attached hydrogen (secondary N) is 1. The number of anilines is 1. The van der Waals surface area contributed by atoms with Crippen molar-refractivity contribution in [2.75, 3.05) is 12.4 Å². The monoisotopic (exact) mass is 463 g/mol. The van der Waals surface area contributed by atoms with E-state index in [1.165, 1.54) is 5.56 Å². The van der Waals surface area contributed by atoms with Gasteiger partial charge >= 0.3 is 0 Å². The molecular formula is C28H25N5O2. The molecule has 0 atom stereocenters. The Morgan fingerprint density at radius 1 is 0.914 bits per heavy atom. The normalized spacial score (nSPS) is 10.9.